The minimum atomic E-state index is -0.0630. The zero-order valence-corrected chi connectivity index (χ0v) is 21.1. The van der Waals surface area contributed by atoms with Gasteiger partial charge < -0.3 is 37.9 Å². The Morgan fingerprint density at radius 3 is 1.83 bits per heavy atom. The van der Waals surface area contributed by atoms with Gasteiger partial charge in [0, 0.05) is 12.2 Å². The van der Waals surface area contributed by atoms with Crippen LogP contribution in [0.5, 0.6) is 0 Å². The molecular weight excluding hydrogens is 456 g/mol. The Balaban J connectivity index is 1.23. The van der Waals surface area contributed by atoms with Gasteiger partial charge in [-0.2, -0.15) is 0 Å². The van der Waals surface area contributed by atoms with Crippen molar-refractivity contribution in [3.8, 4) is 0 Å². The first-order valence-corrected chi connectivity index (χ1v) is 12.6. The summed E-state index contributed by atoms with van der Waals surface area (Å²) in [6, 6.07) is 7.46. The predicted molar refractivity (Wildman–Crippen MR) is 130 cm³/mol. The number of carbonyl (C=O) groups is 1. The van der Waals surface area contributed by atoms with E-state index < -0.39 is 0 Å². The molecule has 2 rings (SSSR count). The largest absolute Gasteiger partial charge is 0.377 e. The van der Waals surface area contributed by atoms with Gasteiger partial charge in [0.05, 0.1) is 85.9 Å². The number of Topliss-reactive ketones (excluding diaryl/α,β-unsaturated/α-hetero) is 1. The number of benzene rings is 1. The van der Waals surface area contributed by atoms with Gasteiger partial charge in [0.15, 0.2) is 12.1 Å². The van der Waals surface area contributed by atoms with E-state index in [4.69, 9.17) is 37.9 Å². The minimum Gasteiger partial charge on any atom is -0.377 e. The molecule has 1 aliphatic heterocycles. The van der Waals surface area contributed by atoms with Crippen molar-refractivity contribution in [3.63, 3.8) is 0 Å². The summed E-state index contributed by atoms with van der Waals surface area (Å²) in [6.07, 6.45) is 3.20. The van der Waals surface area contributed by atoms with E-state index in [1.165, 1.54) is 6.42 Å². The maximum absolute atomic E-state index is 11.4. The second-order valence-corrected chi connectivity index (χ2v) is 8.04. The molecule has 1 unspecified atom stereocenters. The van der Waals surface area contributed by atoms with Crippen LogP contribution >= 0.6 is 0 Å². The SMILES string of the molecule is CC(=O)c1cccc(COCCOCCOCCOCCOCCOCCOC2CCCCO2)c1. The Bertz CT molecular complexity index is 649. The van der Waals surface area contributed by atoms with Gasteiger partial charge in [-0.3, -0.25) is 4.79 Å². The van der Waals surface area contributed by atoms with Crippen LogP contribution in [0, 0.1) is 0 Å². The molecule has 1 aliphatic rings. The highest BCUT2D eigenvalue weighted by Crippen LogP contribution is 2.13. The first-order valence-electron chi connectivity index (χ1n) is 12.6. The van der Waals surface area contributed by atoms with Gasteiger partial charge in [0.2, 0.25) is 0 Å². The van der Waals surface area contributed by atoms with Crippen molar-refractivity contribution >= 4 is 5.78 Å². The molecule has 1 fully saturated rings. The molecule has 0 aliphatic carbocycles. The molecule has 35 heavy (non-hydrogen) atoms. The van der Waals surface area contributed by atoms with Crippen LogP contribution in [-0.4, -0.2) is 98.0 Å². The highest BCUT2D eigenvalue weighted by molar-refractivity contribution is 5.94. The van der Waals surface area contributed by atoms with Crippen molar-refractivity contribution in [3.05, 3.63) is 35.4 Å². The fraction of sp³-hybridized carbons (Fsp3) is 0.731. The van der Waals surface area contributed by atoms with Crippen LogP contribution < -0.4 is 0 Å². The van der Waals surface area contributed by atoms with Gasteiger partial charge in [-0.05, 0) is 37.8 Å². The maximum Gasteiger partial charge on any atom is 0.159 e. The van der Waals surface area contributed by atoms with Crippen LogP contribution in [0.2, 0.25) is 0 Å². The molecule has 1 aromatic carbocycles. The molecule has 0 aromatic heterocycles. The van der Waals surface area contributed by atoms with Crippen molar-refractivity contribution < 1.29 is 42.7 Å². The third-order valence-corrected chi connectivity index (χ3v) is 5.13. The first-order chi connectivity index (χ1) is 17.3. The smallest absolute Gasteiger partial charge is 0.159 e. The summed E-state index contributed by atoms with van der Waals surface area (Å²) < 4.78 is 44.0. The van der Waals surface area contributed by atoms with E-state index in [0.29, 0.717) is 91.5 Å². The van der Waals surface area contributed by atoms with E-state index in [9.17, 15) is 4.79 Å². The van der Waals surface area contributed by atoms with Gasteiger partial charge in [-0.25, -0.2) is 0 Å². The van der Waals surface area contributed by atoms with Crippen LogP contribution in [0.1, 0.15) is 42.1 Å². The molecule has 1 aromatic rings. The molecule has 0 bridgehead atoms. The monoisotopic (exact) mass is 498 g/mol. The Hall–Kier alpha value is -1.43. The van der Waals surface area contributed by atoms with Gasteiger partial charge >= 0.3 is 0 Å². The van der Waals surface area contributed by atoms with E-state index in [1.807, 2.05) is 18.2 Å². The summed E-state index contributed by atoms with van der Waals surface area (Å²) in [5, 5.41) is 0. The lowest BCUT2D eigenvalue weighted by atomic mass is 10.1. The number of hydrogen-bond donors (Lipinski definition) is 0. The lowest BCUT2D eigenvalue weighted by Crippen LogP contribution is -2.24. The molecule has 1 atom stereocenters. The summed E-state index contributed by atoms with van der Waals surface area (Å²) in [5.41, 5.74) is 1.68. The fourth-order valence-corrected chi connectivity index (χ4v) is 3.25. The molecule has 200 valence electrons. The zero-order valence-electron chi connectivity index (χ0n) is 21.1. The second kappa shape index (κ2) is 20.7. The number of hydrogen-bond acceptors (Lipinski definition) is 9. The molecule has 9 heteroatoms. The Morgan fingerprint density at radius 1 is 0.771 bits per heavy atom. The average molecular weight is 499 g/mol. The molecular formula is C26H42O9. The molecule has 0 spiro atoms. The molecule has 1 saturated heterocycles. The zero-order chi connectivity index (χ0) is 24.8. The number of rotatable bonds is 22. The van der Waals surface area contributed by atoms with E-state index in [0.717, 1.165) is 25.0 Å². The van der Waals surface area contributed by atoms with Crippen molar-refractivity contribution in [2.45, 2.75) is 39.1 Å². The standard InChI is InChI=1S/C26H42O9/c1-23(27)25-6-4-5-24(21-25)22-33-18-17-31-14-13-29-10-9-28-11-12-30-15-16-32-19-20-35-26-7-2-3-8-34-26/h4-6,21,26H,2-3,7-20,22H2,1H3. The highest BCUT2D eigenvalue weighted by Gasteiger charge is 2.13. The Labute approximate surface area is 209 Å². The van der Waals surface area contributed by atoms with Gasteiger partial charge in [0.25, 0.3) is 0 Å². The fourth-order valence-electron chi connectivity index (χ4n) is 3.25. The van der Waals surface area contributed by atoms with Gasteiger partial charge in [0.1, 0.15) is 0 Å². The molecule has 0 radical (unpaired) electrons. The Morgan fingerprint density at radius 2 is 1.31 bits per heavy atom. The van der Waals surface area contributed by atoms with Crippen LogP contribution in [0.15, 0.2) is 24.3 Å². The minimum absolute atomic E-state index is 0.0534. The van der Waals surface area contributed by atoms with E-state index >= 15 is 0 Å². The average Bonchev–Trinajstić information content (AvgIpc) is 2.88. The molecule has 0 N–H and O–H groups in total. The summed E-state index contributed by atoms with van der Waals surface area (Å²) in [6.45, 7) is 9.05. The number of carbonyl (C=O) groups excluding carboxylic acids is 1. The van der Waals surface area contributed by atoms with Crippen LogP contribution in [0.3, 0.4) is 0 Å². The van der Waals surface area contributed by atoms with Gasteiger partial charge in [-0.1, -0.05) is 18.2 Å². The lowest BCUT2D eigenvalue weighted by Gasteiger charge is -2.22. The van der Waals surface area contributed by atoms with Crippen LogP contribution in [-0.2, 0) is 44.5 Å². The van der Waals surface area contributed by atoms with Crippen molar-refractivity contribution in [1.29, 1.82) is 0 Å². The van der Waals surface area contributed by atoms with Crippen LogP contribution in [0.4, 0.5) is 0 Å². The van der Waals surface area contributed by atoms with Gasteiger partial charge in [-0.15, -0.1) is 0 Å². The van der Waals surface area contributed by atoms with E-state index in [-0.39, 0.29) is 12.1 Å². The normalized spacial score (nSPS) is 16.0. The summed E-state index contributed by atoms with van der Waals surface area (Å²) in [4.78, 5) is 11.4. The predicted octanol–water partition coefficient (Wildman–Crippen LogP) is 3.03. The molecule has 0 amide bonds. The molecule has 0 saturated carbocycles. The Kier molecular flexibility index (Phi) is 17.7. The van der Waals surface area contributed by atoms with Crippen molar-refractivity contribution in [2.24, 2.45) is 0 Å². The van der Waals surface area contributed by atoms with E-state index in [2.05, 4.69) is 0 Å². The topological polar surface area (TPSA) is 90.9 Å². The van der Waals surface area contributed by atoms with Crippen LogP contribution in [0.25, 0.3) is 0 Å². The summed E-state index contributed by atoms with van der Waals surface area (Å²) in [7, 11) is 0. The van der Waals surface area contributed by atoms with Crippen molar-refractivity contribution in [1.82, 2.24) is 0 Å². The third-order valence-electron chi connectivity index (χ3n) is 5.13. The molecule has 9 nitrogen and oxygen atoms in total. The lowest BCUT2D eigenvalue weighted by molar-refractivity contribution is -0.169. The third kappa shape index (κ3) is 16.0. The maximum atomic E-state index is 11.4. The number of ketones is 1. The second-order valence-electron chi connectivity index (χ2n) is 8.04. The number of ether oxygens (including phenoxy) is 8. The molecule has 1 heterocycles. The van der Waals surface area contributed by atoms with E-state index in [1.54, 1.807) is 13.0 Å². The first kappa shape index (κ1) is 29.8. The van der Waals surface area contributed by atoms with Crippen molar-refractivity contribution in [2.75, 3.05) is 85.9 Å². The quantitative estimate of drug-likeness (QED) is 0.177. The summed E-state index contributed by atoms with van der Waals surface area (Å²) >= 11 is 0. The summed E-state index contributed by atoms with van der Waals surface area (Å²) in [5.74, 6) is 0.0534. The highest BCUT2D eigenvalue weighted by atomic mass is 16.7.